The van der Waals surface area contributed by atoms with Gasteiger partial charge in [0, 0.05) is 30.5 Å². The molecule has 3 aromatic heterocycles. The highest BCUT2D eigenvalue weighted by Crippen LogP contribution is 2.51. The first-order valence-electron chi connectivity index (χ1n) is 13.6. The summed E-state index contributed by atoms with van der Waals surface area (Å²) in [5.41, 5.74) is 1.90. The fourth-order valence-corrected chi connectivity index (χ4v) is 8.17. The Morgan fingerprint density at radius 3 is 2.70 bits per heavy atom. The van der Waals surface area contributed by atoms with E-state index in [4.69, 9.17) is 11.6 Å². The number of rotatable bonds is 8. The van der Waals surface area contributed by atoms with E-state index in [1.165, 1.54) is 39.4 Å². The molecule has 0 aliphatic heterocycles. The van der Waals surface area contributed by atoms with Crippen LogP contribution in [0.1, 0.15) is 41.0 Å². The van der Waals surface area contributed by atoms with Crippen LogP contribution in [0.2, 0.25) is 5.02 Å². The number of alkyl halides is 2. The minimum absolute atomic E-state index is 0.0963. The van der Waals surface area contributed by atoms with Crippen molar-refractivity contribution >= 4 is 39.0 Å². The number of nitrogens with zero attached hydrogens (tertiary/aromatic N) is 6. The predicted octanol–water partition coefficient (Wildman–Crippen LogP) is 5.41. The lowest BCUT2D eigenvalue weighted by molar-refractivity contribution is 0.0666. The van der Waals surface area contributed by atoms with Gasteiger partial charge in [-0.1, -0.05) is 17.2 Å². The normalized spacial score (nSPS) is 21.3. The van der Waals surface area contributed by atoms with Crippen molar-refractivity contribution in [1.29, 1.82) is 0 Å². The number of Topliss-reactive ketones (excluding diaryl/α,β-unsaturated/α-hetero) is 1. The third-order valence-corrected chi connectivity index (χ3v) is 10.5. The van der Waals surface area contributed by atoms with E-state index in [1.54, 1.807) is 42.3 Å². The van der Waals surface area contributed by atoms with Crippen LogP contribution in [0.3, 0.4) is 0 Å². The van der Waals surface area contributed by atoms with Gasteiger partial charge in [-0.2, -0.15) is 10.2 Å². The van der Waals surface area contributed by atoms with Gasteiger partial charge in [-0.25, -0.2) is 26.4 Å². The summed E-state index contributed by atoms with van der Waals surface area (Å²) in [6.07, 6.45) is 4.83. The van der Waals surface area contributed by atoms with Crippen LogP contribution >= 0.6 is 11.6 Å². The van der Waals surface area contributed by atoms with Crippen molar-refractivity contribution in [3.8, 4) is 5.69 Å². The Hall–Kier alpha value is -3.74. The van der Waals surface area contributed by atoms with Crippen molar-refractivity contribution in [2.45, 2.75) is 43.2 Å². The Labute approximate surface area is 251 Å². The third kappa shape index (κ3) is 5.32. The molecule has 1 unspecified atom stereocenters. The largest absolute Gasteiger partial charge is 0.291 e. The second-order valence-corrected chi connectivity index (χ2v) is 13.5. The SMILES string of the molecule is C=S(=O)(c1ccn(C)n1)N(CC(F)F)[C@H]1CCC2=Cc3c(cnn3-c3ccc(F)cc3)C[C@]2(C(=O)c2cc(Cl)ccn2)C1. The molecule has 2 aliphatic carbocycles. The quantitative estimate of drug-likeness (QED) is 0.192. The minimum Gasteiger partial charge on any atom is -0.291 e. The Morgan fingerprint density at radius 2 is 2.02 bits per heavy atom. The van der Waals surface area contributed by atoms with Crippen molar-refractivity contribution in [2.75, 3.05) is 6.54 Å². The van der Waals surface area contributed by atoms with Crippen LogP contribution in [0.5, 0.6) is 0 Å². The van der Waals surface area contributed by atoms with E-state index in [0.29, 0.717) is 23.6 Å². The minimum atomic E-state index is -3.43. The zero-order valence-electron chi connectivity index (χ0n) is 23.2. The lowest BCUT2D eigenvalue weighted by atomic mass is 9.60. The lowest BCUT2D eigenvalue weighted by Gasteiger charge is -2.47. The highest BCUT2D eigenvalue weighted by atomic mass is 35.5. The summed E-state index contributed by atoms with van der Waals surface area (Å²) >= 11 is 6.24. The van der Waals surface area contributed by atoms with Crippen LogP contribution in [0.4, 0.5) is 13.2 Å². The molecule has 224 valence electrons. The molecule has 2 aliphatic rings. The second-order valence-electron chi connectivity index (χ2n) is 10.9. The summed E-state index contributed by atoms with van der Waals surface area (Å²) in [6, 6.07) is 9.81. The number of ketones is 1. The van der Waals surface area contributed by atoms with Crippen LogP contribution < -0.4 is 0 Å². The number of carbonyl (C=O) groups is 1. The molecule has 0 spiro atoms. The van der Waals surface area contributed by atoms with Gasteiger partial charge in [0.25, 0.3) is 6.43 Å². The molecule has 0 amide bonds. The standard InChI is InChI=1S/C30H28ClF3N6O2S/c1-38-12-10-28(37-38)43(2,42)39(18-27(33)34)24-6-3-20-13-26-19(17-36-40(26)23-7-4-22(32)5-8-23)15-30(20,16-24)29(41)25-14-21(31)9-11-35-25/h4-5,7-14,17,24,27H,2-3,6,15-16,18H2,1H3/t24-,30-,43?/m0/s1. The van der Waals surface area contributed by atoms with Crippen molar-refractivity contribution in [3.63, 3.8) is 0 Å². The zero-order chi connectivity index (χ0) is 30.5. The molecule has 43 heavy (non-hydrogen) atoms. The van der Waals surface area contributed by atoms with Gasteiger partial charge < -0.3 is 0 Å². The van der Waals surface area contributed by atoms with Crippen LogP contribution in [-0.2, 0) is 23.2 Å². The molecule has 1 fully saturated rings. The van der Waals surface area contributed by atoms with Crippen LogP contribution in [-0.4, -0.2) is 63.7 Å². The number of pyridine rings is 1. The number of aryl methyl sites for hydroxylation is 1. The smallest absolute Gasteiger partial charge is 0.252 e. The highest BCUT2D eigenvalue weighted by Gasteiger charge is 2.51. The molecule has 0 N–H and O–H groups in total. The van der Waals surface area contributed by atoms with Crippen molar-refractivity contribution in [3.05, 3.63) is 94.4 Å². The highest BCUT2D eigenvalue weighted by molar-refractivity contribution is 7.98. The van der Waals surface area contributed by atoms with Gasteiger partial charge in [-0.15, -0.1) is 0 Å². The van der Waals surface area contributed by atoms with Gasteiger partial charge >= 0.3 is 0 Å². The molecule has 1 saturated carbocycles. The first kappa shape index (κ1) is 29.3. The predicted molar refractivity (Wildman–Crippen MR) is 158 cm³/mol. The summed E-state index contributed by atoms with van der Waals surface area (Å²) in [5, 5.41) is 9.19. The fourth-order valence-electron chi connectivity index (χ4n) is 6.22. The topological polar surface area (TPSA) is 85.9 Å². The summed E-state index contributed by atoms with van der Waals surface area (Å²) in [4.78, 5) is 18.7. The summed E-state index contributed by atoms with van der Waals surface area (Å²) in [7, 11) is -1.78. The van der Waals surface area contributed by atoms with E-state index in [0.717, 1.165) is 16.8 Å². The van der Waals surface area contributed by atoms with Gasteiger partial charge in [0.15, 0.2) is 10.8 Å². The zero-order valence-corrected chi connectivity index (χ0v) is 24.7. The first-order valence-corrected chi connectivity index (χ1v) is 15.7. The Kier molecular flexibility index (Phi) is 7.55. The number of halogens is 4. The molecule has 0 saturated heterocycles. The molecule has 3 atom stereocenters. The van der Waals surface area contributed by atoms with Gasteiger partial charge in [-0.3, -0.25) is 14.5 Å². The number of carbonyl (C=O) groups excluding carboxylic acids is 1. The molecule has 8 nitrogen and oxygen atoms in total. The van der Waals surface area contributed by atoms with Crippen molar-refractivity contribution in [2.24, 2.45) is 12.5 Å². The summed E-state index contributed by atoms with van der Waals surface area (Å²) in [6.45, 7) is -0.796. The first-order chi connectivity index (χ1) is 20.5. The second kappa shape index (κ2) is 11.1. The van der Waals surface area contributed by atoms with Gasteiger partial charge in [-0.05, 0) is 85.7 Å². The average molecular weight is 629 g/mol. The van der Waals surface area contributed by atoms with E-state index < -0.39 is 34.1 Å². The average Bonchev–Trinajstić information content (AvgIpc) is 3.60. The molecule has 1 aromatic carbocycles. The Bertz CT molecular complexity index is 1840. The molecular formula is C30H28ClF3N6O2S. The maximum atomic E-state index is 14.4. The maximum Gasteiger partial charge on any atom is 0.252 e. The van der Waals surface area contributed by atoms with E-state index >= 15 is 0 Å². The third-order valence-electron chi connectivity index (χ3n) is 8.22. The fraction of sp³-hybridized carbons (Fsp3) is 0.300. The molecule has 6 rings (SSSR count). The molecular weight excluding hydrogens is 601 g/mol. The summed E-state index contributed by atoms with van der Waals surface area (Å²) in [5.74, 6) is 3.20. The number of aromatic nitrogens is 5. The number of benzene rings is 1. The van der Waals surface area contributed by atoms with Gasteiger partial charge in [0.05, 0.1) is 39.2 Å². The Morgan fingerprint density at radius 1 is 1.26 bits per heavy atom. The van der Waals surface area contributed by atoms with Crippen LogP contribution in [0, 0.1) is 11.2 Å². The van der Waals surface area contributed by atoms with Crippen LogP contribution in [0.25, 0.3) is 11.8 Å². The van der Waals surface area contributed by atoms with E-state index in [2.05, 4.69) is 21.1 Å². The lowest BCUT2D eigenvalue weighted by Crippen LogP contribution is -2.51. The molecule has 3 heterocycles. The van der Waals surface area contributed by atoms with E-state index in [9.17, 15) is 22.2 Å². The molecule has 0 bridgehead atoms. The molecule has 13 heteroatoms. The molecule has 0 radical (unpaired) electrons. The maximum absolute atomic E-state index is 14.4. The van der Waals surface area contributed by atoms with Gasteiger partial charge in [0.2, 0.25) is 0 Å². The van der Waals surface area contributed by atoms with E-state index in [1.807, 2.05) is 6.08 Å². The van der Waals surface area contributed by atoms with Crippen LogP contribution in [0.15, 0.2) is 71.7 Å². The number of fused-ring (bicyclic) bond motifs is 2. The van der Waals surface area contributed by atoms with Gasteiger partial charge in [0.1, 0.15) is 11.5 Å². The Balaban J connectivity index is 1.45. The number of hydrogen-bond donors (Lipinski definition) is 0. The van der Waals surface area contributed by atoms with Crippen molar-refractivity contribution in [1.82, 2.24) is 28.9 Å². The molecule has 4 aromatic rings. The van der Waals surface area contributed by atoms with E-state index in [-0.39, 0.29) is 35.2 Å². The monoisotopic (exact) mass is 628 g/mol. The van der Waals surface area contributed by atoms with Crippen molar-refractivity contribution < 1.29 is 22.2 Å². The number of hydrogen-bond acceptors (Lipinski definition) is 5. The number of allylic oxidation sites excluding steroid dienone is 1. The summed E-state index contributed by atoms with van der Waals surface area (Å²) < 4.78 is 60.1.